The minimum atomic E-state index is -3.77. The lowest BCUT2D eigenvalue weighted by Gasteiger charge is -2.29. The van der Waals surface area contributed by atoms with Gasteiger partial charge >= 0.3 is 0 Å². The maximum atomic E-state index is 14.2. The molecule has 0 fully saturated rings. The molecule has 7 nitrogen and oxygen atoms in total. The second kappa shape index (κ2) is 13.4. The Labute approximate surface area is 212 Å². The van der Waals surface area contributed by atoms with Crippen molar-refractivity contribution in [3.8, 4) is 0 Å². The lowest BCUT2D eigenvalue weighted by molar-refractivity contribution is -0.140. The summed E-state index contributed by atoms with van der Waals surface area (Å²) >= 11 is 6.29. The van der Waals surface area contributed by atoms with E-state index >= 15 is 0 Å². The molecule has 0 saturated heterocycles. The van der Waals surface area contributed by atoms with Crippen LogP contribution in [-0.2, 0) is 26.2 Å². The van der Waals surface area contributed by atoms with Gasteiger partial charge in [-0.25, -0.2) is 12.8 Å². The summed E-state index contributed by atoms with van der Waals surface area (Å²) < 4.78 is 39.8. The van der Waals surface area contributed by atoms with Crippen LogP contribution in [0.25, 0.3) is 0 Å². The molecule has 0 spiro atoms. The molecule has 192 valence electrons. The lowest BCUT2D eigenvalue weighted by atomic mass is 10.1. The first-order valence-electron chi connectivity index (χ1n) is 11.6. The van der Waals surface area contributed by atoms with E-state index in [9.17, 15) is 22.4 Å². The number of unbranched alkanes of at least 4 members (excludes halogenated alkanes) is 1. The molecule has 0 unspecified atom stereocenters. The van der Waals surface area contributed by atoms with Gasteiger partial charge in [0.1, 0.15) is 11.9 Å². The number of hydrogen-bond acceptors (Lipinski definition) is 4. The molecule has 0 saturated carbocycles. The van der Waals surface area contributed by atoms with Gasteiger partial charge in [0.05, 0.1) is 11.9 Å². The van der Waals surface area contributed by atoms with E-state index in [0.717, 1.165) is 23.4 Å². The van der Waals surface area contributed by atoms with E-state index < -0.39 is 21.9 Å². The van der Waals surface area contributed by atoms with Crippen molar-refractivity contribution >= 4 is 39.1 Å². The topological polar surface area (TPSA) is 86.8 Å². The van der Waals surface area contributed by atoms with Crippen molar-refractivity contribution in [1.82, 2.24) is 10.2 Å². The van der Waals surface area contributed by atoms with E-state index in [1.807, 2.05) is 6.92 Å². The Kier molecular flexibility index (Phi) is 11.0. The lowest BCUT2D eigenvalue weighted by Crippen LogP contribution is -2.48. The van der Waals surface area contributed by atoms with Crippen molar-refractivity contribution in [2.24, 2.45) is 0 Å². The number of para-hydroxylation sites is 1. The average Bonchev–Trinajstić information content (AvgIpc) is 2.80. The molecule has 35 heavy (non-hydrogen) atoms. The van der Waals surface area contributed by atoms with E-state index in [1.165, 1.54) is 23.1 Å². The van der Waals surface area contributed by atoms with Crippen LogP contribution in [0.2, 0.25) is 5.02 Å². The van der Waals surface area contributed by atoms with Gasteiger partial charge in [0, 0.05) is 31.1 Å². The second-order valence-corrected chi connectivity index (χ2v) is 10.6. The maximum absolute atomic E-state index is 14.2. The fraction of sp³-hybridized carbons (Fsp3) is 0.440. The third-order valence-electron chi connectivity index (χ3n) is 5.57. The third-order valence-corrected chi connectivity index (χ3v) is 7.12. The molecule has 10 heteroatoms. The van der Waals surface area contributed by atoms with Gasteiger partial charge in [0.25, 0.3) is 0 Å². The molecule has 1 atom stereocenters. The van der Waals surface area contributed by atoms with Gasteiger partial charge in [0.2, 0.25) is 21.8 Å². The number of nitrogens with one attached hydrogen (secondary N) is 1. The Hall–Kier alpha value is -2.65. The molecule has 0 radical (unpaired) electrons. The van der Waals surface area contributed by atoms with Crippen molar-refractivity contribution in [2.45, 2.75) is 52.1 Å². The van der Waals surface area contributed by atoms with Crippen LogP contribution >= 0.6 is 11.6 Å². The smallest absolute Gasteiger partial charge is 0.242 e. The minimum absolute atomic E-state index is 0.0303. The van der Waals surface area contributed by atoms with Crippen LogP contribution < -0.4 is 9.62 Å². The number of anilines is 1. The van der Waals surface area contributed by atoms with Crippen LogP contribution in [0.3, 0.4) is 0 Å². The van der Waals surface area contributed by atoms with Crippen LogP contribution in [-0.4, -0.2) is 50.5 Å². The molecule has 2 aromatic rings. The molecule has 2 rings (SSSR count). The highest BCUT2D eigenvalue weighted by molar-refractivity contribution is 7.92. The molecule has 0 bridgehead atoms. The SMILES string of the molecule is CCCCNC(=O)[C@@H](C)N(Cc1ccccc1Cl)C(=O)CCCN(c1ccccc1F)S(C)(=O)=O. The zero-order valence-corrected chi connectivity index (χ0v) is 21.9. The summed E-state index contributed by atoms with van der Waals surface area (Å²) in [5.41, 5.74) is 0.624. The summed E-state index contributed by atoms with van der Waals surface area (Å²) in [7, 11) is -3.77. The molecule has 2 amide bonds. The van der Waals surface area contributed by atoms with Gasteiger partial charge in [-0.05, 0) is 43.5 Å². The number of amides is 2. The zero-order valence-electron chi connectivity index (χ0n) is 20.3. The minimum Gasteiger partial charge on any atom is -0.354 e. The first-order valence-corrected chi connectivity index (χ1v) is 13.8. The molecule has 0 aliphatic heterocycles. The summed E-state index contributed by atoms with van der Waals surface area (Å²) in [6.07, 6.45) is 2.86. The van der Waals surface area contributed by atoms with Crippen molar-refractivity contribution in [2.75, 3.05) is 23.7 Å². The number of nitrogens with zero attached hydrogens (tertiary/aromatic N) is 2. The van der Waals surface area contributed by atoms with Crippen molar-refractivity contribution in [1.29, 1.82) is 0 Å². The van der Waals surface area contributed by atoms with E-state index in [4.69, 9.17) is 11.6 Å². The predicted octanol–water partition coefficient (Wildman–Crippen LogP) is 4.36. The number of rotatable bonds is 13. The predicted molar refractivity (Wildman–Crippen MR) is 137 cm³/mol. The maximum Gasteiger partial charge on any atom is 0.242 e. The van der Waals surface area contributed by atoms with Gasteiger partial charge in [-0.15, -0.1) is 0 Å². The summed E-state index contributed by atoms with van der Waals surface area (Å²) in [6.45, 7) is 4.23. The number of carbonyl (C=O) groups is 2. The Balaban J connectivity index is 2.16. The molecule has 0 aromatic heterocycles. The van der Waals surface area contributed by atoms with E-state index in [-0.39, 0.29) is 43.4 Å². The average molecular weight is 526 g/mol. The van der Waals surface area contributed by atoms with E-state index in [1.54, 1.807) is 37.3 Å². The normalized spacial score (nSPS) is 12.1. The summed E-state index contributed by atoms with van der Waals surface area (Å²) in [5, 5.41) is 3.32. The van der Waals surface area contributed by atoms with Crippen molar-refractivity contribution in [3.63, 3.8) is 0 Å². The van der Waals surface area contributed by atoms with Crippen LogP contribution in [0.15, 0.2) is 48.5 Å². The van der Waals surface area contributed by atoms with Gasteiger partial charge in [-0.2, -0.15) is 0 Å². The monoisotopic (exact) mass is 525 g/mol. The zero-order chi connectivity index (χ0) is 26.0. The number of sulfonamides is 1. The van der Waals surface area contributed by atoms with Crippen molar-refractivity contribution < 1.29 is 22.4 Å². The van der Waals surface area contributed by atoms with Crippen LogP contribution in [0, 0.1) is 5.82 Å². The number of carbonyl (C=O) groups excluding carboxylic acids is 2. The summed E-state index contributed by atoms with van der Waals surface area (Å²) in [6, 6.07) is 11.9. The highest BCUT2D eigenvalue weighted by atomic mass is 35.5. The fourth-order valence-electron chi connectivity index (χ4n) is 3.57. The van der Waals surface area contributed by atoms with Gasteiger partial charge in [-0.3, -0.25) is 13.9 Å². The van der Waals surface area contributed by atoms with E-state index in [0.29, 0.717) is 17.1 Å². The molecular weight excluding hydrogens is 493 g/mol. The van der Waals surface area contributed by atoms with Crippen LogP contribution in [0.1, 0.15) is 45.1 Å². The quantitative estimate of drug-likeness (QED) is 0.394. The fourth-order valence-corrected chi connectivity index (χ4v) is 4.73. The Bertz CT molecular complexity index is 1110. The number of halogens is 2. The largest absolute Gasteiger partial charge is 0.354 e. The Morgan fingerprint density at radius 2 is 1.74 bits per heavy atom. The van der Waals surface area contributed by atoms with E-state index in [2.05, 4.69) is 5.32 Å². The highest BCUT2D eigenvalue weighted by Gasteiger charge is 2.27. The van der Waals surface area contributed by atoms with Gasteiger partial charge < -0.3 is 10.2 Å². The molecule has 0 aliphatic rings. The first kappa shape index (κ1) is 28.6. The molecule has 2 aromatic carbocycles. The second-order valence-electron chi connectivity index (χ2n) is 8.32. The molecule has 0 heterocycles. The molecule has 1 N–H and O–H groups in total. The Morgan fingerprint density at radius 1 is 1.09 bits per heavy atom. The van der Waals surface area contributed by atoms with Crippen LogP contribution in [0.4, 0.5) is 10.1 Å². The highest BCUT2D eigenvalue weighted by Crippen LogP contribution is 2.23. The van der Waals surface area contributed by atoms with Gasteiger partial charge in [0.15, 0.2) is 0 Å². The molecule has 0 aliphatic carbocycles. The van der Waals surface area contributed by atoms with Crippen molar-refractivity contribution in [3.05, 3.63) is 64.9 Å². The number of benzene rings is 2. The third kappa shape index (κ3) is 8.50. The van der Waals surface area contributed by atoms with Gasteiger partial charge in [-0.1, -0.05) is 55.3 Å². The standard InChI is InChI=1S/C25H33ClFN3O4S/c1-4-5-16-28-25(32)19(2)29(18-20-11-6-7-12-21(20)26)24(31)15-10-17-30(35(3,33)34)23-14-9-8-13-22(23)27/h6-9,11-14,19H,4-5,10,15-18H2,1-3H3,(H,28,32)/t19-/m1/s1. The summed E-state index contributed by atoms with van der Waals surface area (Å²) in [4.78, 5) is 27.4. The molecular formula is C25H33ClFN3O4S. The number of hydrogen-bond donors (Lipinski definition) is 1. The summed E-state index contributed by atoms with van der Waals surface area (Å²) in [5.74, 6) is -1.27. The first-order chi connectivity index (χ1) is 16.6. The van der Waals surface area contributed by atoms with Crippen LogP contribution in [0.5, 0.6) is 0 Å². The Morgan fingerprint density at radius 3 is 2.37 bits per heavy atom.